The first-order valence-corrected chi connectivity index (χ1v) is 12.3. The lowest BCUT2D eigenvalue weighted by Crippen LogP contribution is -2.43. The number of aromatic nitrogens is 1. The average molecular weight is 509 g/mol. The van der Waals surface area contributed by atoms with Gasteiger partial charge in [-0.2, -0.15) is 0 Å². The summed E-state index contributed by atoms with van der Waals surface area (Å²) in [5, 5.41) is 0.234. The molecule has 3 aromatic rings. The number of hydrogen-bond acceptors (Lipinski definition) is 5. The standard InChI is InChI=1S/C27H26ClFN4O3/c28-19-14-21-20(22(29)15-19)7-8-23(21)33(25(26(30)34)17-4-2-1-3-5-17)27(35)18-6-9-24(31-16-18)32-10-12-36-13-11-32/h1-6,9,14-16,23,25H,7-8,10-13H2,(H2,30,34)/t23-,25+/m1/s1. The van der Waals surface area contributed by atoms with Crippen molar-refractivity contribution in [1.82, 2.24) is 9.88 Å². The summed E-state index contributed by atoms with van der Waals surface area (Å²) in [7, 11) is 0. The highest BCUT2D eigenvalue weighted by atomic mass is 35.5. The van der Waals surface area contributed by atoms with Gasteiger partial charge in [-0.1, -0.05) is 41.9 Å². The van der Waals surface area contributed by atoms with Crippen LogP contribution in [0.2, 0.25) is 5.02 Å². The van der Waals surface area contributed by atoms with Crippen molar-refractivity contribution in [2.75, 3.05) is 31.2 Å². The van der Waals surface area contributed by atoms with Crippen LogP contribution in [0.1, 0.15) is 45.6 Å². The molecule has 5 rings (SSSR count). The lowest BCUT2D eigenvalue weighted by atomic mass is 9.98. The summed E-state index contributed by atoms with van der Waals surface area (Å²) in [5.74, 6) is -0.763. The minimum Gasteiger partial charge on any atom is -0.378 e. The van der Waals surface area contributed by atoms with Gasteiger partial charge in [-0.3, -0.25) is 9.59 Å². The Kier molecular flexibility index (Phi) is 6.89. The molecular formula is C27H26ClFN4O3. The smallest absolute Gasteiger partial charge is 0.256 e. The van der Waals surface area contributed by atoms with Gasteiger partial charge in [0.15, 0.2) is 0 Å². The molecular weight excluding hydrogens is 483 g/mol. The quantitative estimate of drug-likeness (QED) is 0.542. The fraction of sp³-hybridized carbons (Fsp3) is 0.296. The number of primary amides is 1. The Hall–Kier alpha value is -3.49. The third-order valence-corrected chi connectivity index (χ3v) is 7.00. The molecule has 7 nitrogen and oxygen atoms in total. The van der Waals surface area contributed by atoms with Gasteiger partial charge in [-0.25, -0.2) is 9.37 Å². The van der Waals surface area contributed by atoms with Crippen LogP contribution >= 0.6 is 11.6 Å². The van der Waals surface area contributed by atoms with Crippen LogP contribution in [0.15, 0.2) is 60.8 Å². The summed E-state index contributed by atoms with van der Waals surface area (Å²) in [6.07, 6.45) is 2.37. The number of rotatable bonds is 6. The number of carbonyl (C=O) groups excluding carboxylic acids is 2. The molecule has 0 bridgehead atoms. The van der Waals surface area contributed by atoms with Crippen LogP contribution in [0.25, 0.3) is 0 Å². The van der Waals surface area contributed by atoms with E-state index in [0.717, 1.165) is 18.9 Å². The van der Waals surface area contributed by atoms with Gasteiger partial charge in [0, 0.05) is 24.3 Å². The van der Waals surface area contributed by atoms with E-state index in [1.807, 2.05) is 6.07 Å². The van der Waals surface area contributed by atoms with Crippen molar-refractivity contribution >= 4 is 29.2 Å². The van der Waals surface area contributed by atoms with E-state index in [1.54, 1.807) is 42.5 Å². The highest BCUT2D eigenvalue weighted by Gasteiger charge is 2.40. The van der Waals surface area contributed by atoms with Gasteiger partial charge < -0.3 is 20.3 Å². The zero-order valence-corrected chi connectivity index (χ0v) is 20.3. The van der Waals surface area contributed by atoms with Crippen molar-refractivity contribution in [1.29, 1.82) is 0 Å². The molecule has 2 aliphatic rings. The van der Waals surface area contributed by atoms with Crippen molar-refractivity contribution in [2.24, 2.45) is 5.73 Å². The summed E-state index contributed by atoms with van der Waals surface area (Å²) < 4.78 is 20.1. The number of fused-ring (bicyclic) bond motifs is 1. The number of anilines is 1. The van der Waals surface area contributed by atoms with E-state index in [4.69, 9.17) is 22.1 Å². The molecule has 2 aromatic carbocycles. The topological polar surface area (TPSA) is 88.8 Å². The zero-order chi connectivity index (χ0) is 25.2. The number of amides is 2. The molecule has 9 heteroatoms. The maximum absolute atomic E-state index is 14.7. The Morgan fingerprint density at radius 1 is 1.14 bits per heavy atom. The predicted molar refractivity (Wildman–Crippen MR) is 134 cm³/mol. The third kappa shape index (κ3) is 4.66. The lowest BCUT2D eigenvalue weighted by Gasteiger charge is -2.36. The minimum atomic E-state index is -1.06. The van der Waals surface area contributed by atoms with E-state index < -0.39 is 29.7 Å². The van der Waals surface area contributed by atoms with Crippen LogP contribution in [0.4, 0.5) is 10.2 Å². The summed E-state index contributed by atoms with van der Waals surface area (Å²) in [4.78, 5) is 34.9. The average Bonchev–Trinajstić information content (AvgIpc) is 3.31. The predicted octanol–water partition coefficient (Wildman–Crippen LogP) is 4.07. The summed E-state index contributed by atoms with van der Waals surface area (Å²) >= 11 is 6.19. The molecule has 1 aliphatic carbocycles. The summed E-state index contributed by atoms with van der Waals surface area (Å²) in [6, 6.07) is 13.7. The van der Waals surface area contributed by atoms with Crippen LogP contribution in [-0.2, 0) is 16.0 Å². The molecule has 1 fully saturated rings. The van der Waals surface area contributed by atoms with Crippen molar-refractivity contribution in [2.45, 2.75) is 24.9 Å². The number of hydrogen-bond donors (Lipinski definition) is 1. The Morgan fingerprint density at radius 3 is 2.56 bits per heavy atom. The number of pyridine rings is 1. The van der Waals surface area contributed by atoms with Gasteiger partial charge in [0.05, 0.1) is 24.8 Å². The Bertz CT molecular complexity index is 1270. The van der Waals surface area contributed by atoms with E-state index in [0.29, 0.717) is 48.3 Å². The Labute approximate surface area is 213 Å². The minimum absolute atomic E-state index is 0.234. The molecule has 2 N–H and O–H groups in total. The molecule has 1 aliphatic heterocycles. The van der Waals surface area contributed by atoms with Crippen LogP contribution in [0, 0.1) is 5.82 Å². The molecule has 1 aromatic heterocycles. The first-order valence-electron chi connectivity index (χ1n) is 11.9. The van der Waals surface area contributed by atoms with Gasteiger partial charge in [-0.15, -0.1) is 0 Å². The highest BCUT2D eigenvalue weighted by molar-refractivity contribution is 6.30. The fourth-order valence-electron chi connectivity index (χ4n) is 5.09. The molecule has 1 saturated heterocycles. The van der Waals surface area contributed by atoms with Crippen molar-refractivity contribution in [3.63, 3.8) is 0 Å². The normalized spacial score (nSPS) is 17.9. The van der Waals surface area contributed by atoms with E-state index in [9.17, 15) is 14.0 Å². The van der Waals surface area contributed by atoms with Gasteiger partial charge in [0.2, 0.25) is 5.91 Å². The molecule has 0 saturated carbocycles. The van der Waals surface area contributed by atoms with Crippen molar-refractivity contribution < 1.29 is 18.7 Å². The molecule has 186 valence electrons. The van der Waals surface area contributed by atoms with Crippen molar-refractivity contribution in [3.8, 4) is 0 Å². The van der Waals surface area contributed by atoms with Crippen LogP contribution in [-0.4, -0.2) is 48.0 Å². The number of nitrogens with two attached hydrogens (primary N) is 1. The largest absolute Gasteiger partial charge is 0.378 e. The van der Waals surface area contributed by atoms with E-state index in [-0.39, 0.29) is 5.02 Å². The van der Waals surface area contributed by atoms with Crippen LogP contribution in [0.5, 0.6) is 0 Å². The zero-order valence-electron chi connectivity index (χ0n) is 19.6. The van der Waals surface area contributed by atoms with E-state index in [1.165, 1.54) is 17.2 Å². The number of ether oxygens (including phenoxy) is 1. The second kappa shape index (κ2) is 10.2. The Morgan fingerprint density at radius 2 is 1.89 bits per heavy atom. The molecule has 0 spiro atoms. The van der Waals surface area contributed by atoms with Crippen molar-refractivity contribution in [3.05, 3.63) is 93.9 Å². The van der Waals surface area contributed by atoms with Gasteiger partial charge in [0.25, 0.3) is 5.91 Å². The van der Waals surface area contributed by atoms with Gasteiger partial charge in [-0.05, 0) is 53.8 Å². The summed E-state index contributed by atoms with van der Waals surface area (Å²) in [6.45, 7) is 2.67. The van der Waals surface area contributed by atoms with Gasteiger partial charge in [0.1, 0.15) is 17.7 Å². The second-order valence-corrected chi connectivity index (χ2v) is 9.38. The molecule has 0 radical (unpaired) electrons. The molecule has 36 heavy (non-hydrogen) atoms. The van der Waals surface area contributed by atoms with Crippen LogP contribution in [0.3, 0.4) is 0 Å². The molecule has 2 atom stereocenters. The molecule has 2 heterocycles. The highest BCUT2D eigenvalue weighted by Crippen LogP contribution is 2.43. The number of nitrogens with zero attached hydrogens (tertiary/aromatic N) is 3. The van der Waals surface area contributed by atoms with E-state index >= 15 is 0 Å². The number of carbonyl (C=O) groups is 2. The van der Waals surface area contributed by atoms with Crippen LogP contribution < -0.4 is 10.6 Å². The first kappa shape index (κ1) is 24.2. The second-order valence-electron chi connectivity index (χ2n) is 8.94. The third-order valence-electron chi connectivity index (χ3n) is 6.78. The lowest BCUT2D eigenvalue weighted by molar-refractivity contribution is -0.123. The Balaban J connectivity index is 1.56. The SMILES string of the molecule is NC(=O)[C@H](c1ccccc1)N(C(=O)c1ccc(N2CCOCC2)nc1)[C@@H]1CCc2c(F)cc(Cl)cc21. The van der Waals surface area contributed by atoms with Gasteiger partial charge >= 0.3 is 0 Å². The maximum Gasteiger partial charge on any atom is 0.256 e. The molecule has 0 unspecified atom stereocenters. The number of benzene rings is 2. The maximum atomic E-state index is 14.7. The summed E-state index contributed by atoms with van der Waals surface area (Å²) in [5.41, 5.74) is 7.86. The number of halogens is 2. The number of morpholine rings is 1. The molecule has 2 amide bonds. The fourth-order valence-corrected chi connectivity index (χ4v) is 5.30. The van der Waals surface area contributed by atoms with E-state index in [2.05, 4.69) is 9.88 Å². The first-order chi connectivity index (χ1) is 17.4. The monoisotopic (exact) mass is 508 g/mol.